The zero-order valence-electron chi connectivity index (χ0n) is 11.4. The van der Waals surface area contributed by atoms with Crippen molar-refractivity contribution in [1.82, 2.24) is 0 Å². The molecule has 0 bridgehead atoms. The minimum atomic E-state index is -0.902. The molecule has 1 aliphatic rings. The maximum Gasteiger partial charge on any atom is 0.160 e. The van der Waals surface area contributed by atoms with Gasteiger partial charge in [0.1, 0.15) is 6.10 Å². The fourth-order valence-electron chi connectivity index (χ4n) is 2.50. The first kappa shape index (κ1) is 14.5. The van der Waals surface area contributed by atoms with Crippen molar-refractivity contribution >= 4 is 0 Å². The third kappa shape index (κ3) is 3.54. The standard InChI is InChI=1S/C15H22O4/c1-10(2)13-14(16)12(19-15(13)17)9-18-8-11-6-4-3-5-7-11/h3-7,10,12-17H,8-9H2,1-2H3/t12-,13+,14-,15+/m1/s1. The van der Waals surface area contributed by atoms with Gasteiger partial charge in [0.25, 0.3) is 0 Å². The lowest BCUT2D eigenvalue weighted by molar-refractivity contribution is -0.129. The maximum absolute atomic E-state index is 10.1. The Kier molecular flexibility index (Phi) is 4.93. The molecule has 2 N–H and O–H groups in total. The van der Waals surface area contributed by atoms with Crippen LogP contribution in [0, 0.1) is 11.8 Å². The number of hydrogen-bond donors (Lipinski definition) is 2. The van der Waals surface area contributed by atoms with Crippen LogP contribution in [0.3, 0.4) is 0 Å². The van der Waals surface area contributed by atoms with Gasteiger partial charge >= 0.3 is 0 Å². The Hall–Kier alpha value is -0.940. The molecule has 1 aliphatic heterocycles. The molecule has 0 aliphatic carbocycles. The molecule has 1 aromatic carbocycles. The van der Waals surface area contributed by atoms with Gasteiger partial charge in [0.05, 0.1) is 19.3 Å². The lowest BCUT2D eigenvalue weighted by atomic mass is 9.89. The highest BCUT2D eigenvalue weighted by molar-refractivity contribution is 5.13. The first-order chi connectivity index (χ1) is 9.09. The smallest absolute Gasteiger partial charge is 0.160 e. The summed E-state index contributed by atoms with van der Waals surface area (Å²) in [5.41, 5.74) is 1.08. The van der Waals surface area contributed by atoms with Crippen molar-refractivity contribution in [2.45, 2.75) is 39.0 Å². The molecule has 2 rings (SSSR count). The number of rotatable bonds is 5. The summed E-state index contributed by atoms with van der Waals surface area (Å²) in [6.07, 6.45) is -2.03. The second kappa shape index (κ2) is 6.48. The Labute approximate surface area is 114 Å². The van der Waals surface area contributed by atoms with Crippen molar-refractivity contribution in [3.63, 3.8) is 0 Å². The molecule has 0 unspecified atom stereocenters. The summed E-state index contributed by atoms with van der Waals surface area (Å²) < 4.78 is 10.9. The van der Waals surface area contributed by atoms with Gasteiger partial charge in [0.15, 0.2) is 6.29 Å². The van der Waals surface area contributed by atoms with E-state index in [0.717, 1.165) is 5.56 Å². The molecule has 1 aromatic rings. The van der Waals surface area contributed by atoms with Gasteiger partial charge in [-0.25, -0.2) is 0 Å². The van der Waals surface area contributed by atoms with Gasteiger partial charge in [-0.1, -0.05) is 44.2 Å². The summed E-state index contributed by atoms with van der Waals surface area (Å²) in [6.45, 7) is 4.70. The number of hydrogen-bond acceptors (Lipinski definition) is 4. The molecular formula is C15H22O4. The van der Waals surface area contributed by atoms with Crippen LogP contribution in [0.25, 0.3) is 0 Å². The van der Waals surface area contributed by atoms with Gasteiger partial charge in [-0.15, -0.1) is 0 Å². The normalized spacial score (nSPS) is 31.0. The van der Waals surface area contributed by atoms with E-state index < -0.39 is 18.5 Å². The van der Waals surface area contributed by atoms with E-state index >= 15 is 0 Å². The second-order valence-corrected chi connectivity index (χ2v) is 5.38. The SMILES string of the molecule is CC(C)[C@H]1[C@H](O)[C@@H](COCc2ccccc2)O[C@@H]1O. The van der Waals surface area contributed by atoms with Crippen LogP contribution in [0.4, 0.5) is 0 Å². The molecule has 4 heteroatoms. The predicted octanol–water partition coefficient (Wildman–Crippen LogP) is 1.55. The highest BCUT2D eigenvalue weighted by Gasteiger charge is 2.44. The molecule has 0 aromatic heterocycles. The van der Waals surface area contributed by atoms with Gasteiger partial charge in [-0.3, -0.25) is 0 Å². The Balaban J connectivity index is 1.81. The third-order valence-corrected chi connectivity index (χ3v) is 3.58. The van der Waals surface area contributed by atoms with Crippen molar-refractivity contribution in [3.8, 4) is 0 Å². The summed E-state index contributed by atoms with van der Waals surface area (Å²) in [6, 6.07) is 9.84. The zero-order valence-corrected chi connectivity index (χ0v) is 11.4. The summed E-state index contributed by atoms with van der Waals surface area (Å²) in [4.78, 5) is 0. The van der Waals surface area contributed by atoms with E-state index in [9.17, 15) is 10.2 Å². The second-order valence-electron chi connectivity index (χ2n) is 5.38. The highest BCUT2D eigenvalue weighted by Crippen LogP contribution is 2.31. The Morgan fingerprint density at radius 2 is 1.89 bits per heavy atom. The van der Waals surface area contributed by atoms with Crippen LogP contribution in [-0.2, 0) is 16.1 Å². The van der Waals surface area contributed by atoms with E-state index in [1.807, 2.05) is 44.2 Å². The monoisotopic (exact) mass is 266 g/mol. The average molecular weight is 266 g/mol. The number of aliphatic hydroxyl groups is 2. The fraction of sp³-hybridized carbons (Fsp3) is 0.600. The van der Waals surface area contributed by atoms with Crippen molar-refractivity contribution in [2.24, 2.45) is 11.8 Å². The summed E-state index contributed by atoms with van der Waals surface area (Å²) in [5, 5.41) is 19.9. The van der Waals surface area contributed by atoms with E-state index in [4.69, 9.17) is 9.47 Å². The zero-order chi connectivity index (χ0) is 13.8. The summed E-state index contributed by atoms with van der Waals surface area (Å²) in [7, 11) is 0. The predicted molar refractivity (Wildman–Crippen MR) is 71.3 cm³/mol. The van der Waals surface area contributed by atoms with Gasteiger partial charge in [-0.05, 0) is 11.5 Å². The van der Waals surface area contributed by atoms with Crippen molar-refractivity contribution < 1.29 is 19.7 Å². The number of benzene rings is 1. The van der Waals surface area contributed by atoms with Crippen LogP contribution in [-0.4, -0.2) is 35.3 Å². The molecule has 1 fully saturated rings. The minimum Gasteiger partial charge on any atom is -0.390 e. The van der Waals surface area contributed by atoms with Gasteiger partial charge in [-0.2, -0.15) is 0 Å². The van der Waals surface area contributed by atoms with E-state index in [1.54, 1.807) is 0 Å². The van der Waals surface area contributed by atoms with Gasteiger partial charge in [0.2, 0.25) is 0 Å². The van der Waals surface area contributed by atoms with Crippen LogP contribution in [0.2, 0.25) is 0 Å². The van der Waals surface area contributed by atoms with Crippen LogP contribution in [0.5, 0.6) is 0 Å². The Morgan fingerprint density at radius 3 is 2.47 bits per heavy atom. The van der Waals surface area contributed by atoms with Gasteiger partial charge in [0, 0.05) is 5.92 Å². The Bertz CT molecular complexity index is 379. The average Bonchev–Trinajstić information content (AvgIpc) is 2.66. The molecule has 0 radical (unpaired) electrons. The lowest BCUT2D eigenvalue weighted by Crippen LogP contribution is -2.33. The van der Waals surface area contributed by atoms with E-state index in [-0.39, 0.29) is 18.4 Å². The molecule has 0 amide bonds. The quantitative estimate of drug-likeness (QED) is 0.849. The number of ether oxygens (including phenoxy) is 2. The Morgan fingerprint density at radius 1 is 1.21 bits per heavy atom. The fourth-order valence-corrected chi connectivity index (χ4v) is 2.50. The molecule has 106 valence electrons. The van der Waals surface area contributed by atoms with Crippen LogP contribution in [0.15, 0.2) is 30.3 Å². The van der Waals surface area contributed by atoms with Crippen molar-refractivity contribution in [3.05, 3.63) is 35.9 Å². The maximum atomic E-state index is 10.1. The molecule has 1 heterocycles. The summed E-state index contributed by atoms with van der Waals surface area (Å²) >= 11 is 0. The first-order valence-corrected chi connectivity index (χ1v) is 6.73. The molecule has 4 atom stereocenters. The molecule has 0 spiro atoms. The van der Waals surface area contributed by atoms with Crippen LogP contribution < -0.4 is 0 Å². The minimum absolute atomic E-state index is 0.170. The summed E-state index contributed by atoms with van der Waals surface area (Å²) in [5.74, 6) is -0.0746. The third-order valence-electron chi connectivity index (χ3n) is 3.58. The van der Waals surface area contributed by atoms with Crippen molar-refractivity contribution in [1.29, 1.82) is 0 Å². The molecular weight excluding hydrogens is 244 g/mol. The first-order valence-electron chi connectivity index (χ1n) is 6.73. The van der Waals surface area contributed by atoms with E-state index in [1.165, 1.54) is 0 Å². The molecule has 0 saturated carbocycles. The highest BCUT2D eigenvalue weighted by atomic mass is 16.6. The number of aliphatic hydroxyl groups excluding tert-OH is 2. The molecule has 1 saturated heterocycles. The van der Waals surface area contributed by atoms with E-state index in [2.05, 4.69) is 0 Å². The van der Waals surface area contributed by atoms with Crippen LogP contribution >= 0.6 is 0 Å². The van der Waals surface area contributed by atoms with E-state index in [0.29, 0.717) is 6.61 Å². The lowest BCUT2D eigenvalue weighted by Gasteiger charge is -2.20. The van der Waals surface area contributed by atoms with Crippen molar-refractivity contribution in [2.75, 3.05) is 6.61 Å². The largest absolute Gasteiger partial charge is 0.390 e. The molecule has 19 heavy (non-hydrogen) atoms. The van der Waals surface area contributed by atoms with Crippen LogP contribution in [0.1, 0.15) is 19.4 Å². The van der Waals surface area contributed by atoms with Gasteiger partial charge < -0.3 is 19.7 Å². The topological polar surface area (TPSA) is 58.9 Å². The molecule has 4 nitrogen and oxygen atoms in total.